The van der Waals surface area contributed by atoms with Crippen LogP contribution < -0.4 is 10.2 Å². The number of carbonyl (C=O) groups is 1. The van der Waals surface area contributed by atoms with Crippen molar-refractivity contribution in [1.29, 1.82) is 0 Å². The molecule has 7 heteroatoms. The second-order valence-electron chi connectivity index (χ2n) is 5.05. The standard InChI is InChI=1S/C15H21N3O4/c1-4-7-17(8-9-19)13-6-5-12(10-14(13)18(21)22)15(20)16-11(2)3/h4-6,10-11,19H,1,7-9H2,2-3H3,(H,16,20). The van der Waals surface area contributed by atoms with E-state index in [1.165, 1.54) is 18.2 Å². The van der Waals surface area contributed by atoms with Crippen LogP contribution >= 0.6 is 0 Å². The number of aliphatic hydroxyl groups is 1. The highest BCUT2D eigenvalue weighted by atomic mass is 16.6. The SMILES string of the molecule is C=CCN(CCO)c1ccc(C(=O)NC(C)C)cc1[N+](=O)[O-]. The zero-order valence-corrected chi connectivity index (χ0v) is 12.8. The van der Waals surface area contributed by atoms with E-state index < -0.39 is 4.92 Å². The Bertz CT molecular complexity index is 558. The lowest BCUT2D eigenvalue weighted by molar-refractivity contribution is -0.384. The Morgan fingerprint density at radius 2 is 2.23 bits per heavy atom. The molecule has 0 unspecified atom stereocenters. The molecule has 0 spiro atoms. The van der Waals surface area contributed by atoms with Gasteiger partial charge < -0.3 is 15.3 Å². The summed E-state index contributed by atoms with van der Waals surface area (Å²) in [5.41, 5.74) is 0.401. The summed E-state index contributed by atoms with van der Waals surface area (Å²) in [5, 5.41) is 23.1. The third-order valence-electron chi connectivity index (χ3n) is 2.91. The van der Waals surface area contributed by atoms with Gasteiger partial charge in [-0.1, -0.05) is 6.08 Å². The Labute approximate surface area is 129 Å². The van der Waals surface area contributed by atoms with E-state index in [0.717, 1.165) is 0 Å². The van der Waals surface area contributed by atoms with Crippen molar-refractivity contribution in [3.63, 3.8) is 0 Å². The second-order valence-corrected chi connectivity index (χ2v) is 5.05. The number of nitro groups is 1. The van der Waals surface area contributed by atoms with E-state index in [0.29, 0.717) is 12.2 Å². The van der Waals surface area contributed by atoms with E-state index in [1.807, 2.05) is 13.8 Å². The number of amides is 1. The molecule has 1 amide bonds. The maximum atomic E-state index is 12.0. The fourth-order valence-corrected chi connectivity index (χ4v) is 2.01. The average Bonchev–Trinajstić information content (AvgIpc) is 2.45. The van der Waals surface area contributed by atoms with Crippen molar-refractivity contribution in [1.82, 2.24) is 5.32 Å². The molecule has 120 valence electrons. The minimum Gasteiger partial charge on any atom is -0.395 e. The van der Waals surface area contributed by atoms with E-state index in [2.05, 4.69) is 11.9 Å². The van der Waals surface area contributed by atoms with Crippen molar-refractivity contribution in [2.24, 2.45) is 0 Å². The van der Waals surface area contributed by atoms with Crippen molar-refractivity contribution in [3.05, 3.63) is 46.5 Å². The molecule has 0 heterocycles. The minimum absolute atomic E-state index is 0.0575. The molecule has 2 N–H and O–H groups in total. The number of rotatable bonds is 8. The molecule has 0 fully saturated rings. The summed E-state index contributed by atoms with van der Waals surface area (Å²) in [6.45, 7) is 7.69. The van der Waals surface area contributed by atoms with E-state index in [1.54, 1.807) is 11.0 Å². The first-order valence-electron chi connectivity index (χ1n) is 6.96. The molecule has 0 radical (unpaired) electrons. The average molecular weight is 307 g/mol. The van der Waals surface area contributed by atoms with Gasteiger partial charge in [-0.25, -0.2) is 0 Å². The molecular formula is C15H21N3O4. The van der Waals surface area contributed by atoms with Crippen molar-refractivity contribution in [2.75, 3.05) is 24.6 Å². The van der Waals surface area contributed by atoms with Gasteiger partial charge in [0.05, 0.1) is 11.5 Å². The Kier molecular flexibility index (Phi) is 6.52. The van der Waals surface area contributed by atoms with Crippen molar-refractivity contribution in [2.45, 2.75) is 19.9 Å². The van der Waals surface area contributed by atoms with Crippen LogP contribution in [0, 0.1) is 10.1 Å². The molecule has 1 aromatic rings. The minimum atomic E-state index is -0.533. The maximum absolute atomic E-state index is 12.0. The van der Waals surface area contributed by atoms with Crippen LogP contribution in [0.25, 0.3) is 0 Å². The molecule has 0 aliphatic rings. The van der Waals surface area contributed by atoms with Crippen molar-refractivity contribution >= 4 is 17.3 Å². The number of hydrogen-bond acceptors (Lipinski definition) is 5. The number of benzene rings is 1. The van der Waals surface area contributed by atoms with Gasteiger partial charge in [0.15, 0.2) is 0 Å². The first-order chi connectivity index (χ1) is 10.4. The second kappa shape index (κ2) is 8.14. The van der Waals surface area contributed by atoms with Gasteiger partial charge in [0.25, 0.3) is 11.6 Å². The number of anilines is 1. The molecular weight excluding hydrogens is 286 g/mol. The van der Waals surface area contributed by atoms with Crippen LogP contribution in [0.4, 0.5) is 11.4 Å². The topological polar surface area (TPSA) is 95.7 Å². The number of aliphatic hydroxyl groups excluding tert-OH is 1. The van der Waals surface area contributed by atoms with Gasteiger partial charge in [-0.2, -0.15) is 0 Å². The Hall–Kier alpha value is -2.41. The predicted molar refractivity (Wildman–Crippen MR) is 85.2 cm³/mol. The lowest BCUT2D eigenvalue weighted by Gasteiger charge is -2.22. The lowest BCUT2D eigenvalue weighted by atomic mass is 10.1. The normalized spacial score (nSPS) is 10.4. The number of carbonyl (C=O) groups excluding carboxylic acids is 1. The van der Waals surface area contributed by atoms with Gasteiger partial charge >= 0.3 is 0 Å². The predicted octanol–water partition coefficient (Wildman–Crippen LogP) is 1.72. The molecule has 0 saturated carbocycles. The summed E-state index contributed by atoms with van der Waals surface area (Å²) >= 11 is 0. The molecule has 7 nitrogen and oxygen atoms in total. The van der Waals surface area contributed by atoms with Crippen LogP contribution in [0.3, 0.4) is 0 Å². The van der Waals surface area contributed by atoms with Gasteiger partial charge in [-0.05, 0) is 26.0 Å². The van der Waals surface area contributed by atoms with Gasteiger partial charge in [-0.15, -0.1) is 6.58 Å². The van der Waals surface area contributed by atoms with Crippen LogP contribution in [0.2, 0.25) is 0 Å². The summed E-state index contributed by atoms with van der Waals surface area (Å²) in [6.07, 6.45) is 1.60. The van der Waals surface area contributed by atoms with Crippen LogP contribution in [-0.2, 0) is 0 Å². The third kappa shape index (κ3) is 4.56. The number of hydrogen-bond donors (Lipinski definition) is 2. The van der Waals surface area contributed by atoms with Gasteiger partial charge in [0.2, 0.25) is 0 Å². The first kappa shape index (κ1) is 17.6. The summed E-state index contributed by atoms with van der Waals surface area (Å²) in [4.78, 5) is 24.4. The van der Waals surface area contributed by atoms with Crippen LogP contribution in [0.15, 0.2) is 30.9 Å². The Balaban J connectivity index is 3.21. The van der Waals surface area contributed by atoms with Gasteiger partial charge in [0.1, 0.15) is 5.69 Å². The summed E-state index contributed by atoms with van der Waals surface area (Å²) < 4.78 is 0. The highest BCUT2D eigenvalue weighted by Gasteiger charge is 2.21. The van der Waals surface area contributed by atoms with Gasteiger partial charge in [-0.3, -0.25) is 14.9 Å². The molecule has 1 aromatic carbocycles. The molecule has 0 aliphatic heterocycles. The molecule has 0 saturated heterocycles. The number of nitro benzene ring substituents is 1. The molecule has 0 bridgehead atoms. The van der Waals surface area contributed by atoms with E-state index >= 15 is 0 Å². The maximum Gasteiger partial charge on any atom is 0.293 e. The van der Waals surface area contributed by atoms with Crippen LogP contribution in [-0.4, -0.2) is 41.7 Å². The number of nitrogens with zero attached hydrogens (tertiary/aromatic N) is 2. The van der Waals surface area contributed by atoms with E-state index in [4.69, 9.17) is 5.11 Å². The van der Waals surface area contributed by atoms with Crippen molar-refractivity contribution < 1.29 is 14.8 Å². The Morgan fingerprint density at radius 3 is 2.73 bits per heavy atom. The van der Waals surface area contributed by atoms with Gasteiger partial charge in [0, 0.05) is 30.8 Å². The zero-order valence-electron chi connectivity index (χ0n) is 12.8. The molecule has 1 rings (SSSR count). The molecule has 0 aliphatic carbocycles. The fraction of sp³-hybridized carbons (Fsp3) is 0.400. The highest BCUT2D eigenvalue weighted by molar-refractivity contribution is 5.96. The molecule has 0 atom stereocenters. The summed E-state index contributed by atoms with van der Waals surface area (Å²) in [6, 6.07) is 4.25. The number of nitrogens with one attached hydrogen (secondary N) is 1. The van der Waals surface area contributed by atoms with E-state index in [-0.39, 0.29) is 36.4 Å². The largest absolute Gasteiger partial charge is 0.395 e. The quantitative estimate of drug-likeness (QED) is 0.433. The summed E-state index contributed by atoms with van der Waals surface area (Å²) in [5.74, 6) is -0.359. The summed E-state index contributed by atoms with van der Waals surface area (Å²) in [7, 11) is 0. The monoisotopic (exact) mass is 307 g/mol. The Morgan fingerprint density at radius 1 is 1.55 bits per heavy atom. The highest BCUT2D eigenvalue weighted by Crippen LogP contribution is 2.29. The van der Waals surface area contributed by atoms with Crippen LogP contribution in [0.1, 0.15) is 24.2 Å². The third-order valence-corrected chi connectivity index (χ3v) is 2.91. The molecule has 0 aromatic heterocycles. The van der Waals surface area contributed by atoms with E-state index in [9.17, 15) is 14.9 Å². The lowest BCUT2D eigenvalue weighted by Crippen LogP contribution is -2.30. The molecule has 22 heavy (non-hydrogen) atoms. The fourth-order valence-electron chi connectivity index (χ4n) is 2.01. The van der Waals surface area contributed by atoms with Crippen LogP contribution in [0.5, 0.6) is 0 Å². The first-order valence-corrected chi connectivity index (χ1v) is 6.96. The van der Waals surface area contributed by atoms with Crippen molar-refractivity contribution in [3.8, 4) is 0 Å². The smallest absolute Gasteiger partial charge is 0.293 e. The zero-order chi connectivity index (χ0) is 16.7.